The van der Waals surface area contributed by atoms with E-state index in [-0.39, 0.29) is 17.7 Å². The Kier molecular flexibility index (Phi) is 3.07. The molecule has 0 spiro atoms. The molecular formula is C11H14NO. The van der Waals surface area contributed by atoms with Crippen LogP contribution in [0.1, 0.15) is 25.3 Å². The molecule has 0 aliphatic carbocycles. The molecule has 0 heterocycles. The second kappa shape index (κ2) is 4.08. The Morgan fingerprint density at radius 2 is 1.92 bits per heavy atom. The van der Waals surface area contributed by atoms with Crippen LogP contribution in [-0.2, 0) is 4.79 Å². The maximum absolute atomic E-state index is 11.2. The van der Waals surface area contributed by atoms with Gasteiger partial charge in [0.05, 0.1) is 5.92 Å². The fraction of sp³-hybridized carbons (Fsp3) is 0.364. The minimum absolute atomic E-state index is 0.186. The van der Waals surface area contributed by atoms with E-state index in [1.54, 1.807) is 12.1 Å². The molecule has 1 amide bonds. The summed E-state index contributed by atoms with van der Waals surface area (Å²) in [4.78, 5) is 11.2. The molecule has 1 aromatic rings. The van der Waals surface area contributed by atoms with Gasteiger partial charge in [-0.15, -0.1) is 0 Å². The van der Waals surface area contributed by atoms with Crippen LogP contribution in [0, 0.1) is 12.0 Å². The Bertz CT molecular complexity index is 279. The molecule has 0 aliphatic heterocycles. The molecule has 1 aromatic carbocycles. The smallest absolute Gasteiger partial charge is 0.225 e. The molecule has 0 aromatic heterocycles. The van der Waals surface area contributed by atoms with Crippen LogP contribution in [0.25, 0.3) is 0 Å². The highest BCUT2D eigenvalue weighted by molar-refractivity contribution is 5.82. The Morgan fingerprint density at radius 3 is 2.31 bits per heavy atom. The molecule has 2 nitrogen and oxygen atoms in total. The monoisotopic (exact) mass is 176 g/mol. The lowest BCUT2D eigenvalue weighted by atomic mass is 9.88. The second-order valence-electron chi connectivity index (χ2n) is 3.46. The molecule has 1 unspecified atom stereocenters. The summed E-state index contributed by atoms with van der Waals surface area (Å²) in [5.41, 5.74) is 6.29. The van der Waals surface area contributed by atoms with Gasteiger partial charge in [-0.25, -0.2) is 0 Å². The summed E-state index contributed by atoms with van der Waals surface area (Å²) in [6, 6.07) is 10.3. The van der Waals surface area contributed by atoms with Gasteiger partial charge in [-0.2, -0.15) is 0 Å². The van der Waals surface area contributed by atoms with E-state index in [0.29, 0.717) is 0 Å². The molecule has 69 valence electrons. The first-order chi connectivity index (χ1) is 6.13. The lowest BCUT2D eigenvalue weighted by Crippen LogP contribution is -2.25. The van der Waals surface area contributed by atoms with E-state index in [1.807, 2.05) is 26.0 Å². The maximum Gasteiger partial charge on any atom is 0.225 e. The average molecular weight is 176 g/mol. The Balaban J connectivity index is 2.96. The van der Waals surface area contributed by atoms with Crippen molar-refractivity contribution in [1.82, 2.24) is 0 Å². The Morgan fingerprint density at radius 1 is 1.38 bits per heavy atom. The standard InChI is InChI=1S/C11H14NO/c1-8(2)10(11(12)13)9-6-4-3-5-7-9/h4-8,10H,1-2H3,(H2,12,13). The number of carbonyl (C=O) groups is 1. The van der Waals surface area contributed by atoms with Crippen LogP contribution in [-0.4, -0.2) is 5.91 Å². The summed E-state index contributed by atoms with van der Waals surface area (Å²) >= 11 is 0. The molecule has 2 N–H and O–H groups in total. The molecule has 2 heteroatoms. The number of benzene rings is 1. The number of primary amides is 1. The van der Waals surface area contributed by atoms with Gasteiger partial charge in [-0.3, -0.25) is 4.79 Å². The van der Waals surface area contributed by atoms with Crippen LogP contribution in [0.3, 0.4) is 0 Å². The van der Waals surface area contributed by atoms with Crippen LogP contribution in [0.2, 0.25) is 0 Å². The van der Waals surface area contributed by atoms with Crippen molar-refractivity contribution >= 4 is 5.91 Å². The molecule has 0 fully saturated rings. The molecule has 1 atom stereocenters. The highest BCUT2D eigenvalue weighted by Crippen LogP contribution is 2.23. The van der Waals surface area contributed by atoms with Crippen molar-refractivity contribution in [2.24, 2.45) is 11.7 Å². The van der Waals surface area contributed by atoms with Crippen LogP contribution in [0.4, 0.5) is 0 Å². The lowest BCUT2D eigenvalue weighted by molar-refractivity contribution is -0.120. The number of nitrogens with two attached hydrogens (primary N) is 1. The zero-order valence-corrected chi connectivity index (χ0v) is 7.95. The van der Waals surface area contributed by atoms with Crippen molar-refractivity contribution in [2.45, 2.75) is 19.8 Å². The largest absolute Gasteiger partial charge is 0.369 e. The fourth-order valence-electron chi connectivity index (χ4n) is 1.48. The molecule has 1 radical (unpaired) electrons. The normalized spacial score (nSPS) is 12.8. The predicted octanol–water partition coefficient (Wildman–Crippen LogP) is 1.71. The number of amides is 1. The van der Waals surface area contributed by atoms with E-state index in [1.165, 1.54) is 0 Å². The molecule has 0 saturated carbocycles. The summed E-state index contributed by atoms with van der Waals surface area (Å²) in [6.07, 6.45) is 0. The van der Waals surface area contributed by atoms with Gasteiger partial charge in [-0.1, -0.05) is 38.1 Å². The predicted molar refractivity (Wildman–Crippen MR) is 52.1 cm³/mol. The highest BCUT2D eigenvalue weighted by atomic mass is 16.1. The van der Waals surface area contributed by atoms with Gasteiger partial charge in [0.2, 0.25) is 5.91 Å². The van der Waals surface area contributed by atoms with Crippen LogP contribution >= 0.6 is 0 Å². The number of hydrogen-bond acceptors (Lipinski definition) is 1. The third kappa shape index (κ3) is 2.31. The van der Waals surface area contributed by atoms with Crippen LogP contribution in [0.5, 0.6) is 0 Å². The first kappa shape index (κ1) is 9.78. The quantitative estimate of drug-likeness (QED) is 0.748. The third-order valence-electron chi connectivity index (χ3n) is 2.08. The van der Waals surface area contributed by atoms with Gasteiger partial charge in [0.15, 0.2) is 0 Å². The van der Waals surface area contributed by atoms with Crippen molar-refractivity contribution in [1.29, 1.82) is 0 Å². The first-order valence-electron chi connectivity index (χ1n) is 4.38. The van der Waals surface area contributed by atoms with Gasteiger partial charge < -0.3 is 5.73 Å². The average Bonchev–Trinajstić information content (AvgIpc) is 2.04. The van der Waals surface area contributed by atoms with E-state index in [9.17, 15) is 4.79 Å². The van der Waals surface area contributed by atoms with Gasteiger partial charge in [0.25, 0.3) is 0 Å². The van der Waals surface area contributed by atoms with Gasteiger partial charge in [0.1, 0.15) is 0 Å². The molecule has 13 heavy (non-hydrogen) atoms. The minimum atomic E-state index is -0.263. The van der Waals surface area contributed by atoms with Crippen molar-refractivity contribution in [2.75, 3.05) is 0 Å². The highest BCUT2D eigenvalue weighted by Gasteiger charge is 2.20. The maximum atomic E-state index is 11.2. The summed E-state index contributed by atoms with van der Waals surface area (Å²) in [7, 11) is 0. The molecule has 0 aliphatic rings. The zero-order chi connectivity index (χ0) is 9.84. The molecule has 1 rings (SSSR count). The van der Waals surface area contributed by atoms with Crippen molar-refractivity contribution in [3.63, 3.8) is 0 Å². The summed E-state index contributed by atoms with van der Waals surface area (Å²) in [6.45, 7) is 3.98. The summed E-state index contributed by atoms with van der Waals surface area (Å²) < 4.78 is 0. The van der Waals surface area contributed by atoms with E-state index < -0.39 is 0 Å². The van der Waals surface area contributed by atoms with Gasteiger partial charge in [-0.05, 0) is 17.5 Å². The lowest BCUT2D eigenvalue weighted by Gasteiger charge is -2.17. The van der Waals surface area contributed by atoms with Gasteiger partial charge in [0, 0.05) is 0 Å². The number of rotatable bonds is 3. The molecule has 0 saturated heterocycles. The van der Waals surface area contributed by atoms with Crippen LogP contribution in [0.15, 0.2) is 24.3 Å². The van der Waals surface area contributed by atoms with E-state index in [4.69, 9.17) is 5.73 Å². The third-order valence-corrected chi connectivity index (χ3v) is 2.08. The van der Waals surface area contributed by atoms with Crippen molar-refractivity contribution in [3.05, 3.63) is 35.9 Å². The fourth-order valence-corrected chi connectivity index (χ4v) is 1.48. The van der Waals surface area contributed by atoms with E-state index >= 15 is 0 Å². The minimum Gasteiger partial charge on any atom is -0.369 e. The Labute approximate surface area is 78.8 Å². The first-order valence-corrected chi connectivity index (χ1v) is 4.38. The summed E-state index contributed by atoms with van der Waals surface area (Å²) in [5.74, 6) is -0.212. The van der Waals surface area contributed by atoms with E-state index in [0.717, 1.165) is 5.56 Å². The Hall–Kier alpha value is -1.31. The summed E-state index contributed by atoms with van der Waals surface area (Å²) in [5, 5.41) is 0. The van der Waals surface area contributed by atoms with Gasteiger partial charge >= 0.3 is 0 Å². The second-order valence-corrected chi connectivity index (χ2v) is 3.46. The molecule has 0 bridgehead atoms. The SMILES string of the molecule is CC(C)C(C(N)=O)c1cc[c]cc1. The topological polar surface area (TPSA) is 43.1 Å². The zero-order valence-electron chi connectivity index (χ0n) is 7.95. The van der Waals surface area contributed by atoms with Crippen molar-refractivity contribution < 1.29 is 4.79 Å². The van der Waals surface area contributed by atoms with E-state index in [2.05, 4.69) is 6.07 Å². The molecular weight excluding hydrogens is 162 g/mol. The van der Waals surface area contributed by atoms with Crippen molar-refractivity contribution in [3.8, 4) is 0 Å². The number of hydrogen-bond donors (Lipinski definition) is 1. The number of carbonyl (C=O) groups excluding carboxylic acids is 1. The van der Waals surface area contributed by atoms with Crippen LogP contribution < -0.4 is 5.73 Å².